The van der Waals surface area contributed by atoms with Gasteiger partial charge in [0.15, 0.2) is 0 Å². The summed E-state index contributed by atoms with van der Waals surface area (Å²) in [5, 5.41) is 9.30. The summed E-state index contributed by atoms with van der Waals surface area (Å²) >= 11 is 9.96. The number of rotatable bonds is 10. The molecule has 0 atom stereocenters. The van der Waals surface area contributed by atoms with Crippen LogP contribution in [0.3, 0.4) is 0 Å². The summed E-state index contributed by atoms with van der Waals surface area (Å²) in [5.74, 6) is 0. The third-order valence-electron chi connectivity index (χ3n) is 5.30. The van der Waals surface area contributed by atoms with Crippen molar-refractivity contribution in [2.45, 2.75) is 67.2 Å². The Morgan fingerprint density at radius 3 is 1.55 bits per heavy atom. The summed E-state index contributed by atoms with van der Waals surface area (Å²) in [4.78, 5) is 24.9. The van der Waals surface area contributed by atoms with E-state index in [0.29, 0.717) is 31.2 Å². The van der Waals surface area contributed by atoms with Gasteiger partial charge in [0.1, 0.15) is 20.4 Å². The van der Waals surface area contributed by atoms with E-state index in [4.69, 9.17) is 24.4 Å². The van der Waals surface area contributed by atoms with Gasteiger partial charge < -0.3 is 20.9 Å². The summed E-state index contributed by atoms with van der Waals surface area (Å²) in [6.45, 7) is 15.0. The topological polar surface area (TPSA) is 73.5 Å². The van der Waals surface area contributed by atoms with E-state index in [1.165, 1.54) is 0 Å². The Morgan fingerprint density at radius 2 is 1.15 bits per heavy atom. The minimum atomic E-state index is -0.0323. The molecule has 0 aliphatic heterocycles. The Kier molecular flexibility index (Phi) is 10.7. The summed E-state index contributed by atoms with van der Waals surface area (Å²) < 4.78 is 0.870. The molecule has 0 aliphatic carbocycles. The Morgan fingerprint density at radius 1 is 0.727 bits per heavy atom. The molecule has 2 aromatic carbocycles. The highest BCUT2D eigenvalue weighted by Crippen LogP contribution is 2.26. The molecule has 0 aliphatic rings. The largest absolute Gasteiger partial charge is 0.385 e. The van der Waals surface area contributed by atoms with E-state index in [2.05, 4.69) is 57.5 Å². The van der Waals surface area contributed by atoms with Crippen LogP contribution >= 0.6 is 24.4 Å². The molecule has 0 heterocycles. The van der Waals surface area contributed by atoms with Crippen LogP contribution in [-0.4, -0.2) is 34.2 Å². The maximum Gasteiger partial charge on any atom is 0.223 e. The molecule has 0 fully saturated rings. The minimum absolute atomic E-state index is 0.0144. The summed E-state index contributed by atoms with van der Waals surface area (Å²) in [6.07, 6.45) is 4.40. The van der Waals surface area contributed by atoms with Gasteiger partial charge in [-0.25, -0.2) is 0 Å². The first-order chi connectivity index (χ1) is 15.1. The van der Waals surface area contributed by atoms with Crippen LogP contribution in [0.25, 0.3) is 0 Å². The summed E-state index contributed by atoms with van der Waals surface area (Å²) in [5.41, 5.74) is 3.65. The number of nitrogens with one attached hydrogen (secondary N) is 3. The molecule has 3 N–H and O–H groups in total. The van der Waals surface area contributed by atoms with Crippen LogP contribution in [0.1, 0.15) is 67.2 Å². The molecule has 0 aromatic heterocycles. The van der Waals surface area contributed by atoms with E-state index in [1.807, 2.05) is 19.0 Å². The molecule has 186 valence electrons. The Hall–Kier alpha value is -1.80. The van der Waals surface area contributed by atoms with Gasteiger partial charge in [0.05, 0.1) is 11.4 Å². The molecule has 0 bridgehead atoms. The van der Waals surface area contributed by atoms with Crippen molar-refractivity contribution in [3.05, 3.63) is 29.5 Å². The second-order valence-electron chi connectivity index (χ2n) is 11.1. The van der Waals surface area contributed by atoms with Crippen LogP contribution in [0.15, 0.2) is 9.59 Å². The molecule has 6 nitrogen and oxygen atoms in total. The lowest BCUT2D eigenvalue weighted by atomic mass is 9.90. The van der Waals surface area contributed by atoms with Crippen LogP contribution in [-0.2, 0) is 0 Å². The fourth-order valence-corrected chi connectivity index (χ4v) is 4.13. The van der Waals surface area contributed by atoms with Gasteiger partial charge >= 0.3 is 0 Å². The van der Waals surface area contributed by atoms with Gasteiger partial charge in [-0.3, -0.25) is 9.59 Å². The quantitative estimate of drug-likeness (QED) is 0.279. The summed E-state index contributed by atoms with van der Waals surface area (Å²) in [6, 6.07) is 0. The first kappa shape index (κ1) is 29.2. The highest BCUT2D eigenvalue weighted by molar-refractivity contribution is 7.72. The van der Waals surface area contributed by atoms with Crippen LogP contribution in [0, 0.1) is 19.9 Å². The molecule has 0 unspecified atom stereocenters. The molecule has 33 heavy (non-hydrogen) atoms. The average molecular weight is 495 g/mol. The fraction of sp³-hybridized carbons (Fsp3) is 0.680. The van der Waals surface area contributed by atoms with Gasteiger partial charge in [0.2, 0.25) is 10.9 Å². The van der Waals surface area contributed by atoms with Gasteiger partial charge in [0.25, 0.3) is 0 Å². The predicted octanol–water partition coefficient (Wildman–Crippen LogP) is 5.89. The lowest BCUT2D eigenvalue weighted by molar-refractivity contribution is 0.370. The normalized spacial score (nSPS) is 11.8. The first-order valence-electron chi connectivity index (χ1n) is 11.6. The monoisotopic (exact) mass is 494 g/mol. The minimum Gasteiger partial charge on any atom is -0.385 e. The standard InChI is InChI=1S/C13H22N2OS.C12H20N2OS/c1-13(2,3)7-6-8-14-9-10(15(4)5)12(17)11(9)16;1-12(2,3)6-5-7-14-8-9(13-4)11(16)10(8)15/h14H,6-8H2,1-5H3;13-14H,5-7H2,1-4H3. The third-order valence-corrected chi connectivity index (χ3v) is 6.07. The van der Waals surface area contributed by atoms with Crippen molar-refractivity contribution in [1.29, 1.82) is 0 Å². The molecule has 0 saturated carbocycles. The SMILES string of the molecule is CN(C)c1c(NCCCC(C)(C)C)c(=O)c1=S.CNc1c(NCCCC(C)(C)C)c(=O)c1=S. The lowest BCUT2D eigenvalue weighted by Crippen LogP contribution is -2.26. The average Bonchev–Trinajstić information content (AvgIpc) is 2.69. The van der Waals surface area contributed by atoms with E-state index in [9.17, 15) is 9.59 Å². The van der Waals surface area contributed by atoms with E-state index in [1.54, 1.807) is 7.05 Å². The fourth-order valence-electron chi connectivity index (χ4n) is 3.43. The van der Waals surface area contributed by atoms with Crippen molar-refractivity contribution >= 4 is 47.2 Å². The second-order valence-corrected chi connectivity index (χ2v) is 11.9. The predicted molar refractivity (Wildman–Crippen MR) is 150 cm³/mol. The van der Waals surface area contributed by atoms with E-state index >= 15 is 0 Å². The van der Waals surface area contributed by atoms with E-state index in [0.717, 1.165) is 50.1 Å². The number of hydrogen-bond donors (Lipinski definition) is 3. The highest BCUT2D eigenvalue weighted by atomic mass is 32.1. The van der Waals surface area contributed by atoms with Gasteiger partial charge in [-0.05, 0) is 36.5 Å². The molecule has 0 spiro atoms. The van der Waals surface area contributed by atoms with Crippen LogP contribution < -0.4 is 31.7 Å². The zero-order valence-corrected chi connectivity index (χ0v) is 23.5. The van der Waals surface area contributed by atoms with Crippen molar-refractivity contribution in [2.75, 3.05) is 55.1 Å². The molecular formula is C25H42N4O2S2. The summed E-state index contributed by atoms with van der Waals surface area (Å²) in [7, 11) is 5.60. The molecule has 0 radical (unpaired) electrons. The van der Waals surface area contributed by atoms with E-state index in [-0.39, 0.29) is 10.9 Å². The lowest BCUT2D eigenvalue weighted by Gasteiger charge is -2.22. The third kappa shape index (κ3) is 8.81. The Balaban J connectivity index is 0.000000331. The number of nitrogens with zero attached hydrogens (tertiary/aromatic N) is 1. The molecule has 2 aromatic rings. The van der Waals surface area contributed by atoms with Crippen molar-refractivity contribution in [3.63, 3.8) is 0 Å². The van der Waals surface area contributed by atoms with Crippen molar-refractivity contribution in [3.8, 4) is 0 Å². The van der Waals surface area contributed by atoms with Crippen LogP contribution in [0.5, 0.6) is 0 Å². The van der Waals surface area contributed by atoms with Crippen molar-refractivity contribution in [1.82, 2.24) is 0 Å². The van der Waals surface area contributed by atoms with Crippen LogP contribution in [0.2, 0.25) is 0 Å². The van der Waals surface area contributed by atoms with Crippen molar-refractivity contribution in [2.24, 2.45) is 10.8 Å². The molecule has 0 saturated heterocycles. The molecule has 2 rings (SSSR count). The maximum atomic E-state index is 11.6. The van der Waals surface area contributed by atoms with Gasteiger partial charge in [-0.1, -0.05) is 66.0 Å². The number of hydrogen-bond acceptors (Lipinski definition) is 8. The van der Waals surface area contributed by atoms with Crippen molar-refractivity contribution < 1.29 is 0 Å². The molecule has 0 amide bonds. The molecule has 8 heteroatoms. The van der Waals surface area contributed by atoms with Gasteiger partial charge in [0, 0.05) is 34.2 Å². The number of anilines is 4. The smallest absolute Gasteiger partial charge is 0.223 e. The van der Waals surface area contributed by atoms with Crippen LogP contribution in [0.4, 0.5) is 22.7 Å². The highest BCUT2D eigenvalue weighted by Gasteiger charge is 2.19. The zero-order valence-electron chi connectivity index (χ0n) is 21.8. The zero-order chi connectivity index (χ0) is 25.6. The maximum absolute atomic E-state index is 11.6. The van der Waals surface area contributed by atoms with E-state index < -0.39 is 0 Å². The van der Waals surface area contributed by atoms with Gasteiger partial charge in [-0.15, -0.1) is 0 Å². The Labute approximate surface area is 209 Å². The first-order valence-corrected chi connectivity index (χ1v) is 12.4. The Bertz CT molecular complexity index is 1050. The molecular weight excluding hydrogens is 452 g/mol. The van der Waals surface area contributed by atoms with Gasteiger partial charge in [-0.2, -0.15) is 0 Å². The second kappa shape index (κ2) is 12.1.